The number of rotatable bonds is 8. The predicted molar refractivity (Wildman–Crippen MR) is 102 cm³/mol. The van der Waals surface area contributed by atoms with Gasteiger partial charge in [-0.1, -0.05) is 0 Å². The Morgan fingerprint density at radius 1 is 1.22 bits per heavy atom. The molecule has 0 radical (unpaired) electrons. The van der Waals surface area contributed by atoms with Gasteiger partial charge in [-0.3, -0.25) is 9.52 Å². The van der Waals surface area contributed by atoms with Gasteiger partial charge in [-0.25, -0.2) is 12.8 Å². The van der Waals surface area contributed by atoms with Gasteiger partial charge < -0.3 is 10.1 Å². The molecule has 0 fully saturated rings. The monoisotopic (exact) mass is 390 g/mol. The van der Waals surface area contributed by atoms with Crippen molar-refractivity contribution < 1.29 is 22.3 Å². The highest BCUT2D eigenvalue weighted by molar-refractivity contribution is 7.92. The molecule has 6 nitrogen and oxygen atoms in total. The number of ether oxygens (including phenoxy) is 1. The zero-order valence-electron chi connectivity index (χ0n) is 14.7. The van der Waals surface area contributed by atoms with Crippen molar-refractivity contribution in [1.29, 1.82) is 0 Å². The Morgan fingerprint density at radius 2 is 1.93 bits per heavy atom. The molecule has 2 rings (SSSR count). The van der Waals surface area contributed by atoms with E-state index in [9.17, 15) is 17.6 Å². The fourth-order valence-corrected chi connectivity index (χ4v) is 3.32. The first-order valence-electron chi connectivity index (χ1n) is 8.05. The molecule has 27 heavy (non-hydrogen) atoms. The Balaban J connectivity index is 2.21. The fourth-order valence-electron chi connectivity index (χ4n) is 2.26. The van der Waals surface area contributed by atoms with Crippen LogP contribution >= 0.6 is 0 Å². The number of benzene rings is 2. The van der Waals surface area contributed by atoms with Crippen molar-refractivity contribution in [2.75, 3.05) is 17.1 Å². The van der Waals surface area contributed by atoms with Gasteiger partial charge in [-0.05, 0) is 48.9 Å². The van der Waals surface area contributed by atoms with E-state index in [1.807, 2.05) is 0 Å². The van der Waals surface area contributed by atoms with Gasteiger partial charge in [0.2, 0.25) is 5.91 Å². The Bertz CT molecular complexity index is 951. The summed E-state index contributed by atoms with van der Waals surface area (Å²) in [5.41, 5.74) is 0.543. The summed E-state index contributed by atoms with van der Waals surface area (Å²) in [5, 5.41) is 2.68. The van der Waals surface area contributed by atoms with Gasteiger partial charge in [-0.2, -0.15) is 0 Å². The van der Waals surface area contributed by atoms with Crippen LogP contribution in [0.15, 0.2) is 47.4 Å². The number of amides is 1. The van der Waals surface area contributed by atoms with Crippen LogP contribution in [0.1, 0.15) is 19.3 Å². The quantitative estimate of drug-likeness (QED) is 0.535. The van der Waals surface area contributed by atoms with Gasteiger partial charge in [0.25, 0.3) is 10.0 Å². The molecule has 0 saturated heterocycles. The maximum absolute atomic E-state index is 13.0. The molecule has 8 heteroatoms. The van der Waals surface area contributed by atoms with Gasteiger partial charge >= 0.3 is 0 Å². The van der Waals surface area contributed by atoms with Crippen LogP contribution < -0.4 is 14.8 Å². The molecule has 2 aromatic rings. The average molecular weight is 390 g/mol. The molecule has 1 amide bonds. The molecule has 2 aromatic carbocycles. The van der Waals surface area contributed by atoms with Gasteiger partial charge in [-0.15, -0.1) is 12.3 Å². The zero-order valence-corrected chi connectivity index (χ0v) is 15.5. The Kier molecular flexibility index (Phi) is 6.79. The van der Waals surface area contributed by atoms with E-state index in [0.717, 1.165) is 24.3 Å². The minimum atomic E-state index is -3.96. The molecule has 2 N–H and O–H groups in total. The number of hydrogen-bond donors (Lipinski definition) is 2. The number of unbranched alkanes of at least 4 members (excludes halogenated alkanes) is 1. The van der Waals surface area contributed by atoms with Crippen molar-refractivity contribution in [2.24, 2.45) is 0 Å². The van der Waals surface area contributed by atoms with E-state index in [4.69, 9.17) is 11.2 Å². The van der Waals surface area contributed by atoms with Crippen LogP contribution in [0.4, 0.5) is 15.8 Å². The third kappa shape index (κ3) is 5.72. The summed E-state index contributed by atoms with van der Waals surface area (Å²) in [4.78, 5) is 11.8. The van der Waals surface area contributed by atoms with Crippen LogP contribution in [-0.4, -0.2) is 21.4 Å². The summed E-state index contributed by atoms with van der Waals surface area (Å²) >= 11 is 0. The molecule has 142 valence electrons. The number of carbonyl (C=O) groups excluding carboxylic acids is 1. The first kappa shape index (κ1) is 20.3. The van der Waals surface area contributed by atoms with Crippen LogP contribution in [0.5, 0.6) is 5.75 Å². The minimum Gasteiger partial charge on any atom is -0.495 e. The van der Waals surface area contributed by atoms with E-state index >= 15 is 0 Å². The molecule has 0 aliphatic carbocycles. The first-order valence-corrected chi connectivity index (χ1v) is 9.54. The molecule has 0 unspecified atom stereocenters. The molecule has 0 aromatic heterocycles. The Morgan fingerprint density at radius 3 is 2.56 bits per heavy atom. The first-order chi connectivity index (χ1) is 12.9. The van der Waals surface area contributed by atoms with Crippen molar-refractivity contribution in [3.05, 3.63) is 48.3 Å². The highest BCUT2D eigenvalue weighted by Gasteiger charge is 2.17. The lowest BCUT2D eigenvalue weighted by molar-refractivity contribution is -0.116. The number of terminal acetylenes is 1. The van der Waals surface area contributed by atoms with E-state index in [-0.39, 0.29) is 28.7 Å². The summed E-state index contributed by atoms with van der Waals surface area (Å²) < 4.78 is 45.6. The number of halogens is 1. The molecule has 0 heterocycles. The second-order valence-corrected chi connectivity index (χ2v) is 7.26. The number of methoxy groups -OCH3 is 1. The maximum atomic E-state index is 13.0. The van der Waals surface area contributed by atoms with Crippen molar-refractivity contribution in [3.8, 4) is 18.1 Å². The van der Waals surface area contributed by atoms with Crippen molar-refractivity contribution in [3.63, 3.8) is 0 Å². The second-order valence-electron chi connectivity index (χ2n) is 5.58. The number of nitrogens with one attached hydrogen (secondary N) is 2. The lowest BCUT2D eigenvalue weighted by Gasteiger charge is -2.14. The number of anilines is 2. The lowest BCUT2D eigenvalue weighted by Crippen LogP contribution is -2.15. The molecular formula is C19H19FN2O4S. The standard InChI is InChI=1S/C19H19FN2O4S/c1-3-4-5-6-19(23)21-15-9-12-18(26-2)17(13-15)22-27(24,25)16-10-7-14(20)8-11-16/h1,7-13,22H,4-6H2,2H3,(H,21,23). The fraction of sp³-hybridized carbons (Fsp3) is 0.211. The predicted octanol–water partition coefficient (Wildman–Crippen LogP) is 3.38. The van der Waals surface area contributed by atoms with E-state index < -0.39 is 15.8 Å². The van der Waals surface area contributed by atoms with Crippen LogP contribution in [-0.2, 0) is 14.8 Å². The van der Waals surface area contributed by atoms with Crippen molar-refractivity contribution in [2.45, 2.75) is 24.2 Å². The molecule has 0 aliphatic heterocycles. The van der Waals surface area contributed by atoms with Gasteiger partial charge in [0.15, 0.2) is 0 Å². The second kappa shape index (κ2) is 9.05. The topological polar surface area (TPSA) is 84.5 Å². The van der Waals surface area contributed by atoms with E-state index in [2.05, 4.69) is 16.0 Å². The Hall–Kier alpha value is -3.05. The van der Waals surface area contributed by atoms with Crippen LogP contribution in [0.25, 0.3) is 0 Å². The summed E-state index contributed by atoms with van der Waals surface area (Å²) in [6.45, 7) is 0. The zero-order chi connectivity index (χ0) is 19.9. The highest BCUT2D eigenvalue weighted by Crippen LogP contribution is 2.30. The van der Waals surface area contributed by atoms with Gasteiger partial charge in [0, 0.05) is 18.5 Å². The van der Waals surface area contributed by atoms with Crippen LogP contribution in [0.3, 0.4) is 0 Å². The molecule has 0 atom stereocenters. The van der Waals surface area contributed by atoms with E-state index in [0.29, 0.717) is 18.5 Å². The average Bonchev–Trinajstić information content (AvgIpc) is 2.62. The van der Waals surface area contributed by atoms with E-state index in [1.54, 1.807) is 6.07 Å². The lowest BCUT2D eigenvalue weighted by atomic mass is 10.2. The highest BCUT2D eigenvalue weighted by atomic mass is 32.2. The summed E-state index contributed by atoms with van der Waals surface area (Å²) in [7, 11) is -2.57. The number of carbonyl (C=O) groups is 1. The van der Waals surface area contributed by atoms with Gasteiger partial charge in [0.05, 0.1) is 17.7 Å². The summed E-state index contributed by atoms with van der Waals surface area (Å²) in [6.07, 6.45) is 6.47. The minimum absolute atomic E-state index is 0.102. The number of sulfonamides is 1. The third-order valence-electron chi connectivity index (χ3n) is 3.58. The van der Waals surface area contributed by atoms with Gasteiger partial charge in [0.1, 0.15) is 11.6 Å². The van der Waals surface area contributed by atoms with Crippen molar-refractivity contribution >= 4 is 27.3 Å². The summed E-state index contributed by atoms with van der Waals surface area (Å²) in [5.74, 6) is 1.95. The molecule has 0 saturated carbocycles. The maximum Gasteiger partial charge on any atom is 0.262 e. The summed E-state index contributed by atoms with van der Waals surface area (Å²) in [6, 6.07) is 8.98. The smallest absolute Gasteiger partial charge is 0.262 e. The largest absolute Gasteiger partial charge is 0.495 e. The Labute approximate surface area is 157 Å². The van der Waals surface area contributed by atoms with E-state index in [1.165, 1.54) is 19.2 Å². The normalized spacial score (nSPS) is 10.7. The molecule has 0 bridgehead atoms. The van der Waals surface area contributed by atoms with Crippen LogP contribution in [0.2, 0.25) is 0 Å². The molecule has 0 spiro atoms. The molecular weight excluding hydrogens is 371 g/mol. The molecule has 0 aliphatic rings. The number of hydrogen-bond acceptors (Lipinski definition) is 4. The van der Waals surface area contributed by atoms with Crippen LogP contribution in [0, 0.1) is 18.2 Å². The van der Waals surface area contributed by atoms with Crippen molar-refractivity contribution in [1.82, 2.24) is 0 Å². The third-order valence-corrected chi connectivity index (χ3v) is 4.96. The SMILES string of the molecule is C#CCCCC(=O)Nc1ccc(OC)c(NS(=O)(=O)c2ccc(F)cc2)c1.